The van der Waals surface area contributed by atoms with Gasteiger partial charge in [0.05, 0.1) is 11.4 Å². The van der Waals surface area contributed by atoms with Crippen molar-refractivity contribution in [3.8, 4) is 0 Å². The molecule has 0 unspecified atom stereocenters. The first-order valence-electron chi connectivity index (χ1n) is 5.51. The summed E-state index contributed by atoms with van der Waals surface area (Å²) in [5, 5.41) is 8.26. The van der Waals surface area contributed by atoms with Gasteiger partial charge >= 0.3 is 0 Å². The van der Waals surface area contributed by atoms with Crippen molar-refractivity contribution < 1.29 is 0 Å². The number of anilines is 1. The van der Waals surface area contributed by atoms with Gasteiger partial charge in [-0.05, 0) is 24.3 Å². The number of benzene rings is 2. The molecule has 0 bridgehead atoms. The van der Waals surface area contributed by atoms with Crippen LogP contribution in [0.25, 0.3) is 0 Å². The molecular weight excluding hydrogens is 244 g/mol. The molecule has 2 aromatic carbocycles. The van der Waals surface area contributed by atoms with Crippen LogP contribution in [0.2, 0.25) is 0 Å². The van der Waals surface area contributed by atoms with E-state index in [1.807, 2.05) is 54.6 Å². The first-order valence-corrected chi connectivity index (χ1v) is 6.49. The maximum Gasteiger partial charge on any atom is 0.110 e. The van der Waals surface area contributed by atoms with Gasteiger partial charge in [-0.15, -0.1) is 0 Å². The van der Waals surface area contributed by atoms with E-state index in [1.54, 1.807) is 11.8 Å². The standard InChI is InChI=1S/C13H14N4S/c14-16-12-8-4-5-9-13(12)18-10-15-17-11-6-2-1-3-7-11/h1-9,16H,10,14H2. The molecule has 0 heterocycles. The SMILES string of the molecule is NNc1ccccc1SCN=Nc1ccccc1. The zero-order chi connectivity index (χ0) is 12.6. The Bertz CT molecular complexity index is 513. The highest BCUT2D eigenvalue weighted by molar-refractivity contribution is 7.99. The lowest BCUT2D eigenvalue weighted by atomic mass is 10.3. The topological polar surface area (TPSA) is 62.8 Å². The summed E-state index contributed by atoms with van der Waals surface area (Å²) in [6.45, 7) is 0. The van der Waals surface area contributed by atoms with Crippen molar-refractivity contribution in [3.63, 3.8) is 0 Å². The minimum Gasteiger partial charge on any atom is -0.323 e. The van der Waals surface area contributed by atoms with Gasteiger partial charge in [0, 0.05) is 4.90 Å². The number of para-hydroxylation sites is 1. The van der Waals surface area contributed by atoms with Crippen LogP contribution in [-0.4, -0.2) is 5.88 Å². The van der Waals surface area contributed by atoms with Crippen molar-refractivity contribution in [3.05, 3.63) is 54.6 Å². The lowest BCUT2D eigenvalue weighted by Gasteiger charge is -2.05. The summed E-state index contributed by atoms with van der Waals surface area (Å²) in [6, 6.07) is 17.5. The normalized spacial score (nSPS) is 10.7. The molecule has 0 radical (unpaired) electrons. The Morgan fingerprint density at radius 2 is 1.72 bits per heavy atom. The summed E-state index contributed by atoms with van der Waals surface area (Å²) in [5.41, 5.74) is 4.43. The summed E-state index contributed by atoms with van der Waals surface area (Å²) in [5.74, 6) is 5.99. The van der Waals surface area contributed by atoms with E-state index in [1.165, 1.54) is 0 Å². The number of nitrogens with two attached hydrogens (primary N) is 1. The Morgan fingerprint density at radius 3 is 2.50 bits per heavy atom. The largest absolute Gasteiger partial charge is 0.323 e. The molecule has 92 valence electrons. The number of azo groups is 1. The molecular formula is C13H14N4S. The van der Waals surface area contributed by atoms with Crippen molar-refractivity contribution in [2.45, 2.75) is 4.90 Å². The van der Waals surface area contributed by atoms with Gasteiger partial charge in [0.25, 0.3) is 0 Å². The summed E-state index contributed by atoms with van der Waals surface area (Å²) in [4.78, 5) is 1.06. The Morgan fingerprint density at radius 1 is 1.00 bits per heavy atom. The Hall–Kier alpha value is -1.85. The van der Waals surface area contributed by atoms with E-state index in [9.17, 15) is 0 Å². The van der Waals surface area contributed by atoms with Gasteiger partial charge in [-0.1, -0.05) is 42.1 Å². The fourth-order valence-corrected chi connectivity index (χ4v) is 2.13. The molecule has 0 spiro atoms. The zero-order valence-corrected chi connectivity index (χ0v) is 10.6. The van der Waals surface area contributed by atoms with E-state index in [0.29, 0.717) is 5.88 Å². The number of thioether (sulfide) groups is 1. The highest BCUT2D eigenvalue weighted by atomic mass is 32.2. The zero-order valence-electron chi connectivity index (χ0n) is 9.78. The van der Waals surface area contributed by atoms with Crippen LogP contribution in [0.1, 0.15) is 0 Å². The molecule has 0 aliphatic rings. The maximum atomic E-state index is 5.43. The smallest absolute Gasteiger partial charge is 0.110 e. The number of nitrogen functional groups attached to an aromatic ring is 1. The predicted octanol–water partition coefficient (Wildman–Crippen LogP) is 3.81. The first kappa shape index (κ1) is 12.6. The molecule has 0 aliphatic carbocycles. The quantitative estimate of drug-likeness (QED) is 0.371. The summed E-state index contributed by atoms with van der Waals surface area (Å²) >= 11 is 1.59. The number of rotatable bonds is 5. The molecule has 0 saturated carbocycles. The molecule has 0 fully saturated rings. The summed E-state index contributed by atoms with van der Waals surface area (Å²) < 4.78 is 0. The molecule has 2 rings (SSSR count). The van der Waals surface area contributed by atoms with Gasteiger partial charge in [0.1, 0.15) is 5.88 Å². The van der Waals surface area contributed by atoms with Crippen LogP contribution in [0, 0.1) is 0 Å². The number of hydrogen-bond donors (Lipinski definition) is 2. The van der Waals surface area contributed by atoms with Crippen LogP contribution in [0.4, 0.5) is 11.4 Å². The maximum absolute atomic E-state index is 5.43. The molecule has 2 aromatic rings. The Labute approximate surface area is 110 Å². The van der Waals surface area contributed by atoms with Crippen molar-refractivity contribution in [1.29, 1.82) is 0 Å². The van der Waals surface area contributed by atoms with Gasteiger partial charge in [-0.2, -0.15) is 10.2 Å². The second-order valence-corrected chi connectivity index (χ2v) is 4.48. The predicted molar refractivity (Wildman–Crippen MR) is 75.9 cm³/mol. The van der Waals surface area contributed by atoms with Crippen LogP contribution < -0.4 is 11.3 Å². The van der Waals surface area contributed by atoms with E-state index in [4.69, 9.17) is 5.84 Å². The number of nitrogens with one attached hydrogen (secondary N) is 1. The third kappa shape index (κ3) is 3.58. The summed E-state index contributed by atoms with van der Waals surface area (Å²) in [6.07, 6.45) is 0. The van der Waals surface area contributed by atoms with E-state index in [-0.39, 0.29) is 0 Å². The third-order valence-corrected chi connectivity index (χ3v) is 3.17. The highest BCUT2D eigenvalue weighted by Crippen LogP contribution is 2.26. The van der Waals surface area contributed by atoms with Crippen LogP contribution in [0.15, 0.2) is 69.7 Å². The first-order chi connectivity index (χ1) is 8.90. The van der Waals surface area contributed by atoms with Crippen molar-refractivity contribution in [1.82, 2.24) is 0 Å². The van der Waals surface area contributed by atoms with Crippen LogP contribution in [0.5, 0.6) is 0 Å². The number of hydrogen-bond acceptors (Lipinski definition) is 5. The lowest BCUT2D eigenvalue weighted by Crippen LogP contribution is -2.07. The second kappa shape index (κ2) is 6.78. The van der Waals surface area contributed by atoms with E-state index < -0.39 is 0 Å². The molecule has 0 amide bonds. The third-order valence-electron chi connectivity index (χ3n) is 2.26. The molecule has 4 nitrogen and oxygen atoms in total. The molecule has 5 heteroatoms. The van der Waals surface area contributed by atoms with Crippen molar-refractivity contribution >= 4 is 23.1 Å². The summed E-state index contributed by atoms with van der Waals surface area (Å²) in [7, 11) is 0. The van der Waals surface area contributed by atoms with E-state index >= 15 is 0 Å². The molecule has 18 heavy (non-hydrogen) atoms. The molecule has 0 atom stereocenters. The van der Waals surface area contributed by atoms with Crippen LogP contribution in [-0.2, 0) is 0 Å². The molecule has 0 aromatic heterocycles. The van der Waals surface area contributed by atoms with Crippen molar-refractivity contribution in [2.24, 2.45) is 16.1 Å². The van der Waals surface area contributed by atoms with Gasteiger partial charge < -0.3 is 5.43 Å². The van der Waals surface area contributed by atoms with E-state index in [2.05, 4.69) is 15.7 Å². The fraction of sp³-hybridized carbons (Fsp3) is 0.0769. The van der Waals surface area contributed by atoms with Gasteiger partial charge in [0.15, 0.2) is 0 Å². The second-order valence-electron chi connectivity index (χ2n) is 3.49. The fourth-order valence-electron chi connectivity index (χ4n) is 1.42. The van der Waals surface area contributed by atoms with Gasteiger partial charge in [-0.3, -0.25) is 5.84 Å². The highest BCUT2D eigenvalue weighted by Gasteiger charge is 1.99. The van der Waals surface area contributed by atoms with Crippen LogP contribution >= 0.6 is 11.8 Å². The minimum absolute atomic E-state index is 0.563. The monoisotopic (exact) mass is 258 g/mol. The minimum atomic E-state index is 0.563. The van der Waals surface area contributed by atoms with Crippen molar-refractivity contribution in [2.75, 3.05) is 11.3 Å². The molecule has 0 saturated heterocycles. The lowest BCUT2D eigenvalue weighted by molar-refractivity contribution is 1.13. The van der Waals surface area contributed by atoms with Gasteiger partial charge in [0.2, 0.25) is 0 Å². The average Bonchev–Trinajstić information content (AvgIpc) is 2.45. The number of hydrazine groups is 1. The number of nitrogens with zero attached hydrogens (tertiary/aromatic N) is 2. The molecule has 0 aliphatic heterocycles. The molecule has 3 N–H and O–H groups in total. The Kier molecular flexibility index (Phi) is 4.75. The Balaban J connectivity index is 1.91. The van der Waals surface area contributed by atoms with Crippen LogP contribution in [0.3, 0.4) is 0 Å². The van der Waals surface area contributed by atoms with Gasteiger partial charge in [-0.25, -0.2) is 0 Å². The van der Waals surface area contributed by atoms with E-state index in [0.717, 1.165) is 16.3 Å². The average molecular weight is 258 g/mol.